The quantitative estimate of drug-likeness (QED) is 0.808. The van der Waals surface area contributed by atoms with Crippen LogP contribution in [0.2, 0.25) is 0 Å². The van der Waals surface area contributed by atoms with E-state index in [9.17, 15) is 0 Å². The topological polar surface area (TPSA) is 24.9 Å². The monoisotopic (exact) mass is 224 g/mol. The number of aromatic nitrogens is 1. The maximum Gasteiger partial charge on any atom is 0.117 e. The Labute approximate surface area is 91.9 Å². The highest BCUT2D eigenvalue weighted by atomic mass is 32.2. The normalized spacial score (nSPS) is 10.6. The predicted molar refractivity (Wildman–Crippen MR) is 66.5 cm³/mol. The highest BCUT2D eigenvalue weighted by Crippen LogP contribution is 2.26. The van der Waals surface area contributed by atoms with Crippen molar-refractivity contribution in [1.29, 1.82) is 0 Å². The zero-order valence-corrected chi connectivity index (χ0v) is 9.62. The Hall–Kier alpha value is -0.740. The van der Waals surface area contributed by atoms with Gasteiger partial charge in [0, 0.05) is 17.7 Å². The van der Waals surface area contributed by atoms with Gasteiger partial charge in [-0.1, -0.05) is 12.1 Å². The summed E-state index contributed by atoms with van der Waals surface area (Å²) in [5.41, 5.74) is 1.09. The fraction of sp³-hybridized carbons (Fsp3) is 0.300. The molecule has 0 amide bonds. The number of hydrogen-bond acceptors (Lipinski definition) is 4. The predicted octanol–water partition coefficient (Wildman–Crippen LogP) is 3.07. The highest BCUT2D eigenvalue weighted by molar-refractivity contribution is 7.98. The molecule has 1 N–H and O–H groups in total. The van der Waals surface area contributed by atoms with Crippen LogP contribution in [-0.2, 0) is 0 Å². The van der Waals surface area contributed by atoms with Gasteiger partial charge in [0.15, 0.2) is 0 Å². The van der Waals surface area contributed by atoms with Crippen LogP contribution in [0.1, 0.15) is 0 Å². The summed E-state index contributed by atoms with van der Waals surface area (Å²) in [6.07, 6.45) is 2.12. The molecule has 2 rings (SSSR count). The lowest BCUT2D eigenvalue weighted by Gasteiger charge is -2.01. The van der Waals surface area contributed by atoms with E-state index in [-0.39, 0.29) is 0 Å². The van der Waals surface area contributed by atoms with E-state index in [4.69, 9.17) is 0 Å². The van der Waals surface area contributed by atoms with E-state index in [1.165, 1.54) is 10.4 Å². The van der Waals surface area contributed by atoms with Gasteiger partial charge < -0.3 is 5.32 Å². The van der Waals surface area contributed by atoms with Gasteiger partial charge in [-0.05, 0) is 29.9 Å². The van der Waals surface area contributed by atoms with Crippen molar-refractivity contribution in [2.24, 2.45) is 0 Å². The van der Waals surface area contributed by atoms with Crippen LogP contribution in [0.5, 0.6) is 0 Å². The molecule has 1 heterocycles. The van der Waals surface area contributed by atoms with Crippen LogP contribution in [0.3, 0.4) is 0 Å². The van der Waals surface area contributed by atoms with Crippen LogP contribution < -0.4 is 5.32 Å². The minimum atomic E-state index is 1.01. The number of nitrogens with one attached hydrogen (secondary N) is 1. The van der Waals surface area contributed by atoms with Crippen molar-refractivity contribution in [3.63, 3.8) is 0 Å². The number of anilines is 1. The van der Waals surface area contributed by atoms with Crippen molar-refractivity contribution in [1.82, 2.24) is 4.37 Å². The van der Waals surface area contributed by atoms with Crippen LogP contribution in [0, 0.1) is 0 Å². The standard InChI is InChI=1S/C10H12N2S2/c1-13-7-6-11-10-8-4-2-3-5-9(8)12-14-10/h2-5,11H,6-7H2,1H3. The molecule has 0 bridgehead atoms. The van der Waals surface area contributed by atoms with Crippen LogP contribution in [-0.4, -0.2) is 22.9 Å². The molecular weight excluding hydrogens is 212 g/mol. The molecule has 0 radical (unpaired) electrons. The summed E-state index contributed by atoms with van der Waals surface area (Å²) < 4.78 is 4.37. The second kappa shape index (κ2) is 4.66. The lowest BCUT2D eigenvalue weighted by molar-refractivity contribution is 1.25. The minimum Gasteiger partial charge on any atom is -0.374 e. The molecule has 0 fully saturated rings. The largest absolute Gasteiger partial charge is 0.374 e. The number of fused-ring (bicyclic) bond motifs is 1. The van der Waals surface area contributed by atoms with Crippen LogP contribution in [0.25, 0.3) is 10.9 Å². The molecule has 1 aromatic heterocycles. The van der Waals surface area contributed by atoms with E-state index in [2.05, 4.69) is 28.1 Å². The molecule has 0 spiro atoms. The Morgan fingerprint density at radius 2 is 2.29 bits per heavy atom. The van der Waals surface area contributed by atoms with Crippen LogP contribution in [0.15, 0.2) is 24.3 Å². The SMILES string of the molecule is CSCCNc1snc2ccccc12. The summed E-state index contributed by atoms with van der Waals surface area (Å²) in [5, 5.41) is 5.83. The smallest absolute Gasteiger partial charge is 0.117 e. The molecule has 14 heavy (non-hydrogen) atoms. The van der Waals surface area contributed by atoms with Crippen LogP contribution >= 0.6 is 23.3 Å². The summed E-state index contributed by atoms with van der Waals surface area (Å²) in [7, 11) is 0. The van der Waals surface area contributed by atoms with Crippen LogP contribution in [0.4, 0.5) is 5.00 Å². The molecule has 1 aromatic carbocycles. The summed E-state index contributed by atoms with van der Waals surface area (Å²) in [6, 6.07) is 8.23. The number of nitrogens with zero attached hydrogens (tertiary/aromatic N) is 1. The van der Waals surface area contributed by atoms with Crippen molar-refractivity contribution in [3.8, 4) is 0 Å². The van der Waals surface area contributed by atoms with E-state index < -0.39 is 0 Å². The van der Waals surface area contributed by atoms with Gasteiger partial charge in [-0.25, -0.2) is 0 Å². The Morgan fingerprint density at radius 3 is 3.14 bits per heavy atom. The van der Waals surface area contributed by atoms with Gasteiger partial charge in [-0.15, -0.1) is 0 Å². The summed E-state index contributed by atoms with van der Waals surface area (Å²) in [6.45, 7) is 1.01. The summed E-state index contributed by atoms with van der Waals surface area (Å²) in [4.78, 5) is 0. The lowest BCUT2D eigenvalue weighted by Crippen LogP contribution is -2.01. The molecule has 0 saturated heterocycles. The third-order valence-corrected chi connectivity index (χ3v) is 3.42. The molecule has 0 unspecified atom stereocenters. The van der Waals surface area contributed by atoms with Gasteiger partial charge in [-0.2, -0.15) is 16.1 Å². The average Bonchev–Trinajstić information content (AvgIpc) is 2.63. The second-order valence-corrected chi connectivity index (χ2v) is 4.71. The van der Waals surface area contributed by atoms with Crippen molar-refractivity contribution in [2.75, 3.05) is 23.9 Å². The first-order valence-corrected chi connectivity index (χ1v) is 6.66. The van der Waals surface area contributed by atoms with Gasteiger partial charge in [0.05, 0.1) is 5.52 Å². The zero-order chi connectivity index (χ0) is 9.80. The average molecular weight is 224 g/mol. The lowest BCUT2D eigenvalue weighted by atomic mass is 10.2. The van der Waals surface area contributed by atoms with E-state index in [0.717, 1.165) is 17.8 Å². The number of thioether (sulfide) groups is 1. The maximum atomic E-state index is 4.37. The van der Waals surface area contributed by atoms with E-state index >= 15 is 0 Å². The van der Waals surface area contributed by atoms with Gasteiger partial charge >= 0.3 is 0 Å². The van der Waals surface area contributed by atoms with E-state index in [0.29, 0.717) is 0 Å². The molecule has 2 nitrogen and oxygen atoms in total. The van der Waals surface area contributed by atoms with E-state index in [1.807, 2.05) is 23.9 Å². The zero-order valence-electron chi connectivity index (χ0n) is 7.99. The fourth-order valence-corrected chi connectivity index (χ4v) is 2.38. The van der Waals surface area contributed by atoms with Gasteiger partial charge in [0.2, 0.25) is 0 Å². The van der Waals surface area contributed by atoms with Crippen molar-refractivity contribution in [2.45, 2.75) is 0 Å². The molecule has 0 aliphatic heterocycles. The van der Waals surface area contributed by atoms with E-state index in [1.54, 1.807) is 11.5 Å². The maximum absolute atomic E-state index is 4.37. The highest BCUT2D eigenvalue weighted by Gasteiger charge is 2.02. The molecule has 4 heteroatoms. The molecular formula is C10H12N2S2. The molecule has 0 saturated carbocycles. The summed E-state index contributed by atoms with van der Waals surface area (Å²) >= 11 is 3.39. The van der Waals surface area contributed by atoms with Gasteiger partial charge in [-0.3, -0.25) is 0 Å². The number of hydrogen-bond donors (Lipinski definition) is 1. The van der Waals surface area contributed by atoms with Crippen molar-refractivity contribution in [3.05, 3.63) is 24.3 Å². The Morgan fingerprint density at radius 1 is 1.43 bits per heavy atom. The molecule has 0 aliphatic rings. The molecule has 0 aliphatic carbocycles. The third-order valence-electron chi connectivity index (χ3n) is 1.98. The first-order chi connectivity index (χ1) is 6.92. The Kier molecular flexibility index (Phi) is 3.26. The fourth-order valence-electron chi connectivity index (χ4n) is 1.28. The Bertz CT molecular complexity index is 411. The van der Waals surface area contributed by atoms with Crippen molar-refractivity contribution >= 4 is 39.2 Å². The van der Waals surface area contributed by atoms with Gasteiger partial charge in [0.25, 0.3) is 0 Å². The Balaban J connectivity index is 2.17. The first kappa shape index (κ1) is 9.80. The molecule has 74 valence electrons. The number of rotatable bonds is 4. The molecule has 2 aromatic rings. The second-order valence-electron chi connectivity index (χ2n) is 2.95. The first-order valence-electron chi connectivity index (χ1n) is 4.49. The molecule has 0 atom stereocenters. The number of benzene rings is 1. The minimum absolute atomic E-state index is 1.01. The van der Waals surface area contributed by atoms with Gasteiger partial charge in [0.1, 0.15) is 5.00 Å². The summed E-state index contributed by atoms with van der Waals surface area (Å²) in [5.74, 6) is 1.13. The third kappa shape index (κ3) is 2.01. The van der Waals surface area contributed by atoms with Crippen molar-refractivity contribution < 1.29 is 0 Å².